The third-order valence-corrected chi connectivity index (χ3v) is 10.4. The molecule has 2 fully saturated rings. The van der Waals surface area contributed by atoms with Crippen molar-refractivity contribution in [3.8, 4) is 0 Å². The van der Waals surface area contributed by atoms with Crippen molar-refractivity contribution in [3.05, 3.63) is 36.7 Å². The number of aliphatic hydroxyl groups is 5. The van der Waals surface area contributed by atoms with Crippen molar-refractivity contribution in [2.75, 3.05) is 18.9 Å². The van der Waals surface area contributed by atoms with Crippen LogP contribution in [0.1, 0.15) is 12.6 Å². The molecular weight excluding hydrogens is 747 g/mol. The lowest BCUT2D eigenvalue weighted by Gasteiger charge is -2.33. The summed E-state index contributed by atoms with van der Waals surface area (Å²) in [6, 6.07) is 0. The summed E-state index contributed by atoms with van der Waals surface area (Å²) >= 11 is 0. The van der Waals surface area contributed by atoms with Gasteiger partial charge in [-0.25, -0.2) is 28.6 Å². The van der Waals surface area contributed by atoms with Gasteiger partial charge in [0.15, 0.2) is 30.0 Å². The smallest absolute Gasteiger partial charge is 0.387 e. The van der Waals surface area contributed by atoms with E-state index in [0.29, 0.717) is 0 Å². The maximum Gasteiger partial charge on any atom is 0.481 e. The second-order valence-electron chi connectivity index (χ2n) is 10.8. The maximum atomic E-state index is 12.6. The summed E-state index contributed by atoms with van der Waals surface area (Å²) in [6.45, 7) is -2.87. The Morgan fingerprint density at radius 2 is 1.70 bits per heavy atom. The van der Waals surface area contributed by atoms with E-state index in [9.17, 15) is 63.6 Å². The van der Waals surface area contributed by atoms with Gasteiger partial charge in [0.05, 0.1) is 12.9 Å². The standard InChI is InChI=1S/C21H30N7O19P3/c22-15-11-17(25-7-24-15)28(8-26-11)19-14(46-48(35,36)37)21(33,34)20(32,45-19)6-43-50(40,41)47-49(38,39)42-5-10-12(29)13(30)18(44-10)27-3-1-2-9(4-27)16(23)31/h1,3-4,7-8,10,12-14,18-19,29-30,32-34H,2,5-6H2,(H2,23,31)(H,38,39)(H,40,41)(H2,22,24,25)(H2,35,36,37)/t10-,12-,13-,14-,18-,19-,20-/m1/s1. The van der Waals surface area contributed by atoms with Crippen LogP contribution < -0.4 is 11.5 Å². The van der Waals surface area contributed by atoms with Crippen LogP contribution in [0.2, 0.25) is 0 Å². The van der Waals surface area contributed by atoms with E-state index in [0.717, 1.165) is 17.2 Å². The number of carbonyl (C=O) groups excluding carboxylic acids is 1. The Kier molecular flexibility index (Phi) is 10.5. The molecule has 0 bridgehead atoms. The third kappa shape index (κ3) is 7.83. The second kappa shape index (κ2) is 13.6. The van der Waals surface area contributed by atoms with E-state index < -0.39 is 91.0 Å². The van der Waals surface area contributed by atoms with E-state index in [4.69, 9.17) is 20.9 Å². The number of amides is 1. The number of fused-ring (bicyclic) bond motifs is 1. The second-order valence-corrected chi connectivity index (χ2v) is 15.0. The van der Waals surface area contributed by atoms with Gasteiger partial charge in [0.25, 0.3) is 11.6 Å². The Bertz CT molecular complexity index is 1840. The minimum atomic E-state index is -5.86. The summed E-state index contributed by atoms with van der Waals surface area (Å²) in [5.41, 5.74) is 10.8. The quantitative estimate of drug-likeness (QED) is 0.0683. The van der Waals surface area contributed by atoms with Gasteiger partial charge in [-0.15, -0.1) is 0 Å². The molecule has 29 heteroatoms. The molecule has 0 radical (unpaired) electrons. The molecule has 5 rings (SSSR count). The van der Waals surface area contributed by atoms with E-state index in [2.05, 4.69) is 32.8 Å². The Balaban J connectivity index is 1.26. The van der Waals surface area contributed by atoms with Gasteiger partial charge in [0.1, 0.15) is 36.8 Å². The number of aromatic nitrogens is 4. The van der Waals surface area contributed by atoms with Crippen LogP contribution in [0, 0.1) is 0 Å². The molecule has 5 heterocycles. The first-order valence-corrected chi connectivity index (χ1v) is 18.2. The molecule has 1 amide bonds. The van der Waals surface area contributed by atoms with E-state index in [-0.39, 0.29) is 29.0 Å². The molecule has 26 nitrogen and oxygen atoms in total. The number of hydrogen-bond acceptors (Lipinski definition) is 20. The van der Waals surface area contributed by atoms with Gasteiger partial charge in [-0.1, -0.05) is 6.08 Å². The molecule has 0 aromatic carbocycles. The van der Waals surface area contributed by atoms with Crippen LogP contribution in [-0.4, -0.2) is 131 Å². The van der Waals surface area contributed by atoms with Crippen molar-refractivity contribution in [2.24, 2.45) is 5.73 Å². The molecule has 2 unspecified atom stereocenters. The Hall–Kier alpha value is -2.81. The third-order valence-electron chi connectivity index (χ3n) is 7.36. The van der Waals surface area contributed by atoms with Gasteiger partial charge in [-0.05, 0) is 6.42 Å². The lowest BCUT2D eigenvalue weighted by Crippen LogP contribution is -2.59. The van der Waals surface area contributed by atoms with Gasteiger partial charge >= 0.3 is 23.5 Å². The van der Waals surface area contributed by atoms with Crippen LogP contribution in [0.25, 0.3) is 11.2 Å². The molecule has 2 aromatic heterocycles. The number of anilines is 1. The first-order chi connectivity index (χ1) is 23.0. The molecule has 9 atom stereocenters. The van der Waals surface area contributed by atoms with Crippen molar-refractivity contribution in [1.82, 2.24) is 24.4 Å². The van der Waals surface area contributed by atoms with Crippen molar-refractivity contribution < 1.29 is 91.0 Å². The van der Waals surface area contributed by atoms with Gasteiger partial charge in [0.2, 0.25) is 5.91 Å². The number of allylic oxidation sites excluding steroid dienone is 1. The molecule has 0 saturated carbocycles. The number of primary amides is 1. The van der Waals surface area contributed by atoms with Gasteiger partial charge in [-0.3, -0.25) is 22.9 Å². The largest absolute Gasteiger partial charge is 0.481 e. The number of nitrogen functional groups attached to an aromatic ring is 1. The molecule has 13 N–H and O–H groups in total. The number of hydrogen-bond donors (Lipinski definition) is 11. The number of nitrogens with two attached hydrogens (primary N) is 2. The molecule has 2 saturated heterocycles. The minimum Gasteiger partial charge on any atom is -0.387 e. The highest BCUT2D eigenvalue weighted by molar-refractivity contribution is 7.61. The Labute approximate surface area is 278 Å². The minimum absolute atomic E-state index is 0.107. The van der Waals surface area contributed by atoms with Crippen LogP contribution in [-0.2, 0) is 45.8 Å². The molecule has 3 aliphatic rings. The van der Waals surface area contributed by atoms with Crippen molar-refractivity contribution in [3.63, 3.8) is 0 Å². The zero-order chi connectivity index (χ0) is 37.0. The maximum absolute atomic E-state index is 12.6. The average molecular weight is 777 g/mol. The first kappa shape index (κ1) is 38.4. The summed E-state index contributed by atoms with van der Waals surface area (Å²) in [5.74, 6) is -8.46. The highest BCUT2D eigenvalue weighted by atomic mass is 31.3. The number of aliphatic hydroxyl groups excluding tert-OH is 2. The van der Waals surface area contributed by atoms with Crippen molar-refractivity contribution >= 4 is 46.4 Å². The molecule has 50 heavy (non-hydrogen) atoms. The highest BCUT2D eigenvalue weighted by Gasteiger charge is 2.68. The number of rotatable bonds is 13. The molecule has 0 aliphatic carbocycles. The predicted octanol–water partition coefficient (Wildman–Crippen LogP) is -3.93. The molecule has 3 aliphatic heterocycles. The summed E-state index contributed by atoms with van der Waals surface area (Å²) in [4.78, 5) is 63.1. The summed E-state index contributed by atoms with van der Waals surface area (Å²) in [6.07, 6.45) is -4.95. The number of carbonyl (C=O) groups is 1. The lowest BCUT2D eigenvalue weighted by molar-refractivity contribution is -0.352. The number of phosphoric ester groups is 3. The average Bonchev–Trinajstić information content (AvgIpc) is 3.62. The number of ether oxygens (including phenoxy) is 2. The van der Waals surface area contributed by atoms with Gasteiger partial charge < -0.3 is 70.9 Å². The number of imidazole rings is 1. The fourth-order valence-corrected chi connectivity index (χ4v) is 7.61. The van der Waals surface area contributed by atoms with Crippen LogP contribution in [0.4, 0.5) is 5.82 Å². The topological polar surface area (TPSA) is 405 Å². The van der Waals surface area contributed by atoms with Crippen molar-refractivity contribution in [1.29, 1.82) is 0 Å². The number of nitrogens with zero attached hydrogens (tertiary/aromatic N) is 5. The summed E-state index contributed by atoms with van der Waals surface area (Å²) in [5, 5.41) is 53.3. The molecule has 0 spiro atoms. The molecular formula is C21H30N7O19P3. The van der Waals surface area contributed by atoms with E-state index >= 15 is 0 Å². The lowest BCUT2D eigenvalue weighted by atomic mass is 10.0. The summed E-state index contributed by atoms with van der Waals surface area (Å²) < 4.78 is 65.9. The normalized spacial score (nSPS) is 32.2. The predicted molar refractivity (Wildman–Crippen MR) is 155 cm³/mol. The van der Waals surface area contributed by atoms with Gasteiger partial charge in [0, 0.05) is 18.0 Å². The Morgan fingerprint density at radius 1 is 1.02 bits per heavy atom. The van der Waals surface area contributed by atoms with Crippen LogP contribution in [0.5, 0.6) is 0 Å². The zero-order valence-corrected chi connectivity index (χ0v) is 27.5. The first-order valence-electron chi connectivity index (χ1n) is 13.7. The fourth-order valence-electron chi connectivity index (χ4n) is 4.97. The van der Waals surface area contributed by atoms with Gasteiger partial charge in [-0.2, -0.15) is 4.31 Å². The van der Waals surface area contributed by atoms with Crippen LogP contribution in [0.15, 0.2) is 36.7 Å². The SMILES string of the molecule is NC(=O)C1=CN([C@@H]2O[C@H](COP(=O)(O)OP(=O)(O)OC[C@@]3(O)O[C@@H](n4cnc5c(N)ncnc54)[C@@H](OP(=O)(O)O)C3(O)O)[C@@H](O)[C@H]2O)C=CC1. The highest BCUT2D eigenvalue weighted by Crippen LogP contribution is 2.61. The monoisotopic (exact) mass is 777 g/mol. The Morgan fingerprint density at radius 3 is 2.36 bits per heavy atom. The zero-order valence-electron chi connectivity index (χ0n) is 24.8. The van der Waals surface area contributed by atoms with Crippen LogP contribution in [0.3, 0.4) is 0 Å². The fraction of sp³-hybridized carbons (Fsp3) is 0.524. The van der Waals surface area contributed by atoms with Crippen molar-refractivity contribution in [2.45, 2.75) is 54.9 Å². The van der Waals surface area contributed by atoms with E-state index in [1.54, 1.807) is 0 Å². The van der Waals surface area contributed by atoms with Crippen LogP contribution >= 0.6 is 23.5 Å². The summed E-state index contributed by atoms with van der Waals surface area (Å²) in [7, 11) is -17.1. The van der Waals surface area contributed by atoms with E-state index in [1.165, 1.54) is 23.4 Å². The number of phosphoric acid groups is 3. The molecule has 278 valence electrons. The molecule has 2 aromatic rings. The van der Waals surface area contributed by atoms with E-state index in [1.807, 2.05) is 0 Å².